The highest BCUT2D eigenvalue weighted by Gasteiger charge is 2.10. The van der Waals surface area contributed by atoms with Gasteiger partial charge in [-0.1, -0.05) is 26.8 Å². The van der Waals surface area contributed by atoms with Crippen LogP contribution in [0, 0.1) is 0 Å². The van der Waals surface area contributed by atoms with Crippen LogP contribution in [0.15, 0.2) is 24.4 Å². The summed E-state index contributed by atoms with van der Waals surface area (Å²) in [4.78, 5) is 0. The van der Waals surface area contributed by atoms with E-state index >= 15 is 0 Å². The van der Waals surface area contributed by atoms with E-state index in [1.165, 1.54) is 22.0 Å². The lowest BCUT2D eigenvalue weighted by atomic mass is 9.99. The van der Waals surface area contributed by atoms with Gasteiger partial charge in [-0.15, -0.1) is 0 Å². The van der Waals surface area contributed by atoms with E-state index < -0.39 is 0 Å². The van der Waals surface area contributed by atoms with Crippen LogP contribution in [0.25, 0.3) is 10.9 Å². The Labute approximate surface area is 116 Å². The fraction of sp³-hybridized carbons (Fsp3) is 0.529. The maximum atomic E-state index is 9.05. The van der Waals surface area contributed by atoms with Crippen LogP contribution >= 0.6 is 0 Å². The summed E-state index contributed by atoms with van der Waals surface area (Å²) in [5, 5.41) is 10.4. The molecule has 2 aromatic rings. The quantitative estimate of drug-likeness (QED) is 0.830. The summed E-state index contributed by atoms with van der Waals surface area (Å²) in [6, 6.07) is 6.83. The molecule has 1 aromatic carbocycles. The number of fused-ring (bicyclic) bond motifs is 1. The van der Waals surface area contributed by atoms with Gasteiger partial charge in [0.25, 0.3) is 0 Å². The van der Waals surface area contributed by atoms with Crippen LogP contribution in [-0.2, 0) is 13.0 Å². The molecule has 0 aliphatic heterocycles. The van der Waals surface area contributed by atoms with Crippen LogP contribution in [0.5, 0.6) is 0 Å². The summed E-state index contributed by atoms with van der Waals surface area (Å²) < 4.78 is 2.35. The summed E-state index contributed by atoms with van der Waals surface area (Å²) in [7, 11) is 0. The van der Waals surface area contributed by atoms with Crippen LogP contribution in [0.3, 0.4) is 0 Å². The second-order valence-corrected chi connectivity index (χ2v) is 5.61. The highest BCUT2D eigenvalue weighted by atomic mass is 16.2. The van der Waals surface area contributed by atoms with Gasteiger partial charge in [0.05, 0.1) is 0 Å². The molecule has 0 fully saturated rings. The summed E-state index contributed by atoms with van der Waals surface area (Å²) >= 11 is 0. The Morgan fingerprint density at radius 1 is 1.26 bits per heavy atom. The Balaban J connectivity index is 2.48. The van der Waals surface area contributed by atoms with Crippen molar-refractivity contribution in [2.45, 2.75) is 52.5 Å². The monoisotopic (exact) mass is 259 g/mol. The molecule has 2 nitrogen and oxygen atoms in total. The minimum Gasteiger partial charge on any atom is -0.396 e. The molecule has 2 heteroatoms. The number of rotatable bonds is 6. The van der Waals surface area contributed by atoms with Crippen LogP contribution in [-0.4, -0.2) is 16.3 Å². The van der Waals surface area contributed by atoms with Crippen molar-refractivity contribution in [2.24, 2.45) is 0 Å². The summed E-state index contributed by atoms with van der Waals surface area (Å²) in [6.07, 6.45) is 5.23. The van der Waals surface area contributed by atoms with E-state index in [-0.39, 0.29) is 6.61 Å². The van der Waals surface area contributed by atoms with Gasteiger partial charge in [-0.25, -0.2) is 0 Å². The van der Waals surface area contributed by atoms with E-state index in [4.69, 9.17) is 5.11 Å². The molecule has 1 heterocycles. The summed E-state index contributed by atoms with van der Waals surface area (Å²) in [6.45, 7) is 8.01. The second-order valence-electron chi connectivity index (χ2n) is 5.61. The van der Waals surface area contributed by atoms with Crippen molar-refractivity contribution in [1.29, 1.82) is 0 Å². The average molecular weight is 259 g/mol. The number of benzene rings is 1. The van der Waals surface area contributed by atoms with Crippen molar-refractivity contribution < 1.29 is 5.11 Å². The fourth-order valence-corrected chi connectivity index (χ4v) is 2.64. The van der Waals surface area contributed by atoms with E-state index in [9.17, 15) is 0 Å². The average Bonchev–Trinajstić information content (AvgIpc) is 2.74. The normalized spacial score (nSPS) is 11.6. The first-order chi connectivity index (χ1) is 9.17. The molecule has 0 saturated carbocycles. The number of aliphatic hydroxyl groups excluding tert-OH is 1. The molecular weight excluding hydrogens is 234 g/mol. The number of hydrogen-bond donors (Lipinski definition) is 1. The molecule has 0 aliphatic carbocycles. The van der Waals surface area contributed by atoms with Crippen molar-refractivity contribution in [3.63, 3.8) is 0 Å². The van der Waals surface area contributed by atoms with Crippen LogP contribution < -0.4 is 0 Å². The zero-order valence-electron chi connectivity index (χ0n) is 12.3. The highest BCUT2D eigenvalue weighted by Crippen LogP contribution is 2.27. The second kappa shape index (κ2) is 6.25. The van der Waals surface area contributed by atoms with E-state index in [0.29, 0.717) is 5.92 Å². The molecule has 1 N–H and O–H groups in total. The third kappa shape index (κ3) is 3.01. The van der Waals surface area contributed by atoms with Crippen LogP contribution in [0.4, 0.5) is 0 Å². The molecule has 1 aromatic heterocycles. The van der Waals surface area contributed by atoms with Crippen LogP contribution in [0.1, 0.15) is 50.7 Å². The minimum atomic E-state index is 0.268. The van der Waals surface area contributed by atoms with Gasteiger partial charge in [-0.3, -0.25) is 0 Å². The van der Waals surface area contributed by atoms with Crippen molar-refractivity contribution in [3.8, 4) is 0 Å². The molecule has 0 spiro atoms. The van der Waals surface area contributed by atoms with Gasteiger partial charge in [0.2, 0.25) is 0 Å². The molecule has 0 atom stereocenters. The number of aromatic nitrogens is 1. The van der Waals surface area contributed by atoms with Gasteiger partial charge in [0.15, 0.2) is 0 Å². The van der Waals surface area contributed by atoms with Gasteiger partial charge in [-0.05, 0) is 48.4 Å². The lowest BCUT2D eigenvalue weighted by Gasteiger charge is -2.07. The molecule has 0 unspecified atom stereocenters. The Morgan fingerprint density at radius 3 is 2.68 bits per heavy atom. The molecule has 0 aliphatic rings. The SMILES string of the molecule is CCCn1cc(CCCO)c2cc(C(C)C)ccc21. The molecule has 0 saturated heterocycles. The maximum Gasteiger partial charge on any atom is 0.0483 e. The molecular formula is C17H25NO. The number of nitrogens with zero attached hydrogens (tertiary/aromatic N) is 1. The minimum absolute atomic E-state index is 0.268. The van der Waals surface area contributed by atoms with E-state index in [2.05, 4.69) is 49.7 Å². The first kappa shape index (κ1) is 14.1. The largest absolute Gasteiger partial charge is 0.396 e. The van der Waals surface area contributed by atoms with Gasteiger partial charge in [0.1, 0.15) is 0 Å². The Kier molecular flexibility index (Phi) is 4.65. The standard InChI is InChI=1S/C17H25NO/c1-4-9-18-12-15(6-5-10-19)16-11-14(13(2)3)7-8-17(16)18/h7-8,11-13,19H,4-6,9-10H2,1-3H3. The number of aryl methyl sites for hydroxylation is 2. The van der Waals surface area contributed by atoms with E-state index in [1.54, 1.807) is 0 Å². The van der Waals surface area contributed by atoms with E-state index in [1.807, 2.05) is 0 Å². The molecule has 104 valence electrons. The number of hydrogen-bond acceptors (Lipinski definition) is 1. The number of aliphatic hydroxyl groups is 1. The van der Waals surface area contributed by atoms with Crippen molar-refractivity contribution in [1.82, 2.24) is 4.57 Å². The predicted octanol–water partition coefficient (Wildman–Crippen LogP) is 4.10. The molecule has 0 amide bonds. The molecule has 2 rings (SSSR count). The van der Waals surface area contributed by atoms with Crippen molar-refractivity contribution in [2.75, 3.05) is 6.61 Å². The smallest absolute Gasteiger partial charge is 0.0483 e. The Morgan fingerprint density at radius 2 is 2.05 bits per heavy atom. The molecule has 0 radical (unpaired) electrons. The van der Waals surface area contributed by atoms with Gasteiger partial charge in [0, 0.05) is 30.3 Å². The third-order valence-electron chi connectivity index (χ3n) is 3.72. The maximum absolute atomic E-state index is 9.05. The zero-order valence-corrected chi connectivity index (χ0v) is 12.3. The van der Waals surface area contributed by atoms with Crippen molar-refractivity contribution >= 4 is 10.9 Å². The lowest BCUT2D eigenvalue weighted by molar-refractivity contribution is 0.288. The van der Waals surface area contributed by atoms with Crippen molar-refractivity contribution in [3.05, 3.63) is 35.5 Å². The van der Waals surface area contributed by atoms with Gasteiger partial charge in [-0.2, -0.15) is 0 Å². The van der Waals surface area contributed by atoms with Gasteiger partial charge >= 0.3 is 0 Å². The first-order valence-electron chi connectivity index (χ1n) is 7.40. The first-order valence-corrected chi connectivity index (χ1v) is 7.40. The topological polar surface area (TPSA) is 25.2 Å². The predicted molar refractivity (Wildman–Crippen MR) is 81.7 cm³/mol. The lowest BCUT2D eigenvalue weighted by Crippen LogP contribution is -1.94. The fourth-order valence-electron chi connectivity index (χ4n) is 2.64. The summed E-state index contributed by atoms with van der Waals surface area (Å²) in [5.41, 5.74) is 4.10. The van der Waals surface area contributed by atoms with E-state index in [0.717, 1.165) is 25.8 Å². The molecule has 19 heavy (non-hydrogen) atoms. The van der Waals surface area contributed by atoms with Crippen LogP contribution in [0.2, 0.25) is 0 Å². The Bertz CT molecular complexity index is 539. The highest BCUT2D eigenvalue weighted by molar-refractivity contribution is 5.85. The Hall–Kier alpha value is -1.28. The zero-order chi connectivity index (χ0) is 13.8. The van der Waals surface area contributed by atoms with Gasteiger partial charge < -0.3 is 9.67 Å². The summed E-state index contributed by atoms with van der Waals surface area (Å²) in [5.74, 6) is 0.560. The third-order valence-corrected chi connectivity index (χ3v) is 3.72. The molecule has 0 bridgehead atoms.